The molecule has 0 aliphatic heterocycles. The molecular weight excluding hydrogens is 334 g/mol. The average molecular weight is 355 g/mol. The van der Waals surface area contributed by atoms with Crippen molar-refractivity contribution >= 4 is 40.1 Å². The van der Waals surface area contributed by atoms with Crippen LogP contribution < -0.4 is 10.2 Å². The van der Waals surface area contributed by atoms with Gasteiger partial charge in [0.15, 0.2) is 5.58 Å². The van der Waals surface area contributed by atoms with Crippen LogP contribution in [0.4, 0.5) is 11.4 Å². The smallest absolute Gasteiger partial charge is 0.257 e. The van der Waals surface area contributed by atoms with Crippen molar-refractivity contribution in [3.8, 4) is 0 Å². The number of nitrogens with one attached hydrogen (secondary N) is 1. The minimum atomic E-state index is -0.0807. The van der Waals surface area contributed by atoms with E-state index >= 15 is 0 Å². The van der Waals surface area contributed by atoms with Gasteiger partial charge in [0.05, 0.1) is 5.75 Å². The third-order valence-corrected chi connectivity index (χ3v) is 4.71. The summed E-state index contributed by atoms with van der Waals surface area (Å²) < 4.78 is 5.60. The number of amides is 1. The maximum Gasteiger partial charge on any atom is 0.257 e. The molecule has 0 aliphatic carbocycles. The normalized spacial score (nSPS) is 10.8. The van der Waals surface area contributed by atoms with Gasteiger partial charge in [-0.3, -0.25) is 4.79 Å². The van der Waals surface area contributed by atoms with Crippen LogP contribution in [-0.2, 0) is 4.79 Å². The Labute approximate surface area is 151 Å². The summed E-state index contributed by atoms with van der Waals surface area (Å²) in [5, 5.41) is 3.41. The number of thioether (sulfide) groups is 1. The molecule has 0 saturated carbocycles. The summed E-state index contributed by atoms with van der Waals surface area (Å²) in [6, 6.07) is 15.5. The van der Waals surface area contributed by atoms with Gasteiger partial charge in [-0.2, -0.15) is 0 Å². The number of carbonyl (C=O) groups is 1. The molecule has 3 rings (SSSR count). The zero-order chi connectivity index (χ0) is 17.6. The Bertz CT molecular complexity index is 808. The molecule has 0 bridgehead atoms. The summed E-state index contributed by atoms with van der Waals surface area (Å²) in [5.74, 6) is 0.174. The van der Waals surface area contributed by atoms with Gasteiger partial charge in [0.25, 0.3) is 5.22 Å². The number of carbonyl (C=O) groups excluding carboxylic acids is 1. The summed E-state index contributed by atoms with van der Waals surface area (Å²) in [6.45, 7) is 6.18. The maximum absolute atomic E-state index is 12.1. The lowest BCUT2D eigenvalue weighted by Crippen LogP contribution is -2.21. The van der Waals surface area contributed by atoms with Crippen molar-refractivity contribution in [3.63, 3.8) is 0 Å². The Morgan fingerprint density at radius 1 is 1.12 bits per heavy atom. The summed E-state index contributed by atoms with van der Waals surface area (Å²) in [6.07, 6.45) is 0. The molecule has 1 heterocycles. The van der Waals surface area contributed by atoms with Crippen molar-refractivity contribution < 1.29 is 9.21 Å². The maximum atomic E-state index is 12.1. The topological polar surface area (TPSA) is 58.4 Å². The largest absolute Gasteiger partial charge is 0.431 e. The second-order valence-corrected chi connectivity index (χ2v) is 6.43. The molecule has 1 aromatic heterocycles. The lowest BCUT2D eigenvalue weighted by molar-refractivity contribution is -0.113. The number of aromatic nitrogens is 1. The van der Waals surface area contributed by atoms with Gasteiger partial charge in [-0.1, -0.05) is 23.9 Å². The highest BCUT2D eigenvalue weighted by Crippen LogP contribution is 2.23. The van der Waals surface area contributed by atoms with E-state index in [9.17, 15) is 4.79 Å². The highest BCUT2D eigenvalue weighted by Gasteiger charge is 2.09. The molecule has 0 saturated heterocycles. The van der Waals surface area contributed by atoms with E-state index in [1.807, 2.05) is 48.5 Å². The number of oxazole rings is 1. The number of nitrogens with zero attached hydrogens (tertiary/aromatic N) is 2. The fourth-order valence-corrected chi connectivity index (χ4v) is 3.22. The standard InChI is InChI=1S/C19H21N3O2S/c1-3-22(4-2)15-11-9-14(10-12-15)20-18(23)13-25-19-21-16-7-5-6-8-17(16)24-19/h5-12H,3-4,13H2,1-2H3,(H,20,23). The van der Waals surface area contributed by atoms with E-state index in [1.54, 1.807) is 0 Å². The molecule has 1 N–H and O–H groups in total. The van der Waals surface area contributed by atoms with E-state index in [0.717, 1.165) is 35.6 Å². The van der Waals surface area contributed by atoms with Crippen LogP contribution in [0.25, 0.3) is 11.1 Å². The monoisotopic (exact) mass is 355 g/mol. The summed E-state index contributed by atoms with van der Waals surface area (Å²) >= 11 is 1.29. The molecule has 6 heteroatoms. The summed E-state index contributed by atoms with van der Waals surface area (Å²) in [7, 11) is 0. The second-order valence-electron chi connectivity index (χ2n) is 5.50. The van der Waals surface area contributed by atoms with Crippen molar-refractivity contribution in [1.29, 1.82) is 0 Å². The predicted octanol–water partition coefficient (Wildman–Crippen LogP) is 4.40. The van der Waals surface area contributed by atoms with Crippen molar-refractivity contribution in [1.82, 2.24) is 4.98 Å². The molecule has 5 nitrogen and oxygen atoms in total. The highest BCUT2D eigenvalue weighted by molar-refractivity contribution is 7.99. The van der Waals surface area contributed by atoms with E-state index in [4.69, 9.17) is 4.42 Å². The Kier molecular flexibility index (Phi) is 5.60. The Morgan fingerprint density at radius 2 is 1.84 bits per heavy atom. The lowest BCUT2D eigenvalue weighted by atomic mass is 10.2. The summed E-state index contributed by atoms with van der Waals surface area (Å²) in [5.41, 5.74) is 3.48. The fourth-order valence-electron chi connectivity index (χ4n) is 2.58. The van der Waals surface area contributed by atoms with E-state index in [1.165, 1.54) is 11.8 Å². The van der Waals surface area contributed by atoms with Crippen molar-refractivity contribution in [2.75, 3.05) is 29.1 Å². The molecule has 0 aliphatic rings. The quantitative estimate of drug-likeness (QED) is 0.636. The Morgan fingerprint density at radius 3 is 2.52 bits per heavy atom. The number of benzene rings is 2. The molecule has 130 valence electrons. The molecule has 2 aromatic carbocycles. The fraction of sp³-hybridized carbons (Fsp3) is 0.263. The molecule has 25 heavy (non-hydrogen) atoms. The number of anilines is 2. The van der Waals surface area contributed by atoms with Gasteiger partial charge in [0.2, 0.25) is 5.91 Å². The van der Waals surface area contributed by atoms with Gasteiger partial charge < -0.3 is 14.6 Å². The van der Waals surface area contributed by atoms with Crippen molar-refractivity contribution in [3.05, 3.63) is 48.5 Å². The number of hydrogen-bond acceptors (Lipinski definition) is 5. The number of rotatable bonds is 7. The van der Waals surface area contributed by atoms with Crippen LogP contribution in [0.1, 0.15) is 13.8 Å². The van der Waals surface area contributed by atoms with Crippen LogP contribution in [0.5, 0.6) is 0 Å². The van der Waals surface area contributed by atoms with Crippen LogP contribution in [-0.4, -0.2) is 29.7 Å². The van der Waals surface area contributed by atoms with Crippen molar-refractivity contribution in [2.24, 2.45) is 0 Å². The number of hydrogen-bond donors (Lipinski definition) is 1. The van der Waals surface area contributed by atoms with E-state index in [2.05, 4.69) is 29.0 Å². The minimum Gasteiger partial charge on any atom is -0.431 e. The lowest BCUT2D eigenvalue weighted by Gasteiger charge is -2.21. The van der Waals surface area contributed by atoms with Crippen LogP contribution in [0.3, 0.4) is 0 Å². The van der Waals surface area contributed by atoms with Crippen LogP contribution >= 0.6 is 11.8 Å². The Hall–Kier alpha value is -2.47. The second kappa shape index (κ2) is 8.07. The predicted molar refractivity (Wildman–Crippen MR) is 103 cm³/mol. The van der Waals surface area contributed by atoms with Crippen molar-refractivity contribution in [2.45, 2.75) is 19.1 Å². The first-order valence-electron chi connectivity index (χ1n) is 8.32. The molecule has 1 amide bonds. The van der Waals surface area contributed by atoms with E-state index in [-0.39, 0.29) is 11.7 Å². The van der Waals surface area contributed by atoms with Gasteiger partial charge in [0, 0.05) is 24.5 Å². The zero-order valence-electron chi connectivity index (χ0n) is 14.4. The zero-order valence-corrected chi connectivity index (χ0v) is 15.2. The molecule has 0 unspecified atom stereocenters. The Balaban J connectivity index is 1.55. The molecule has 3 aromatic rings. The number of fused-ring (bicyclic) bond motifs is 1. The minimum absolute atomic E-state index is 0.0807. The van der Waals surface area contributed by atoms with Crippen LogP contribution in [0, 0.1) is 0 Å². The molecular formula is C19H21N3O2S. The summed E-state index contributed by atoms with van der Waals surface area (Å²) in [4.78, 5) is 18.7. The molecule has 0 spiro atoms. The first-order valence-corrected chi connectivity index (χ1v) is 9.31. The highest BCUT2D eigenvalue weighted by atomic mass is 32.2. The SMILES string of the molecule is CCN(CC)c1ccc(NC(=O)CSc2nc3ccccc3o2)cc1. The van der Waals surface area contributed by atoms with Crippen LogP contribution in [0.15, 0.2) is 58.2 Å². The molecule has 0 fully saturated rings. The van der Waals surface area contributed by atoms with Gasteiger partial charge in [-0.25, -0.2) is 4.98 Å². The first kappa shape index (κ1) is 17.4. The third kappa shape index (κ3) is 4.33. The molecule has 0 atom stereocenters. The molecule has 0 radical (unpaired) electrons. The first-order chi connectivity index (χ1) is 12.2. The third-order valence-electron chi connectivity index (χ3n) is 3.88. The average Bonchev–Trinajstić information content (AvgIpc) is 3.05. The van der Waals surface area contributed by atoms with Gasteiger partial charge in [0.1, 0.15) is 5.52 Å². The van der Waals surface area contributed by atoms with Gasteiger partial charge >= 0.3 is 0 Å². The van der Waals surface area contributed by atoms with Crippen LogP contribution in [0.2, 0.25) is 0 Å². The van der Waals surface area contributed by atoms with E-state index in [0.29, 0.717) is 5.22 Å². The number of para-hydroxylation sites is 2. The van der Waals surface area contributed by atoms with E-state index < -0.39 is 0 Å². The van der Waals surface area contributed by atoms with Gasteiger partial charge in [-0.15, -0.1) is 0 Å². The van der Waals surface area contributed by atoms with Gasteiger partial charge in [-0.05, 0) is 50.2 Å².